The highest BCUT2D eigenvalue weighted by Crippen LogP contribution is 2.30. The lowest BCUT2D eigenvalue weighted by atomic mass is 9.75. The lowest BCUT2D eigenvalue weighted by Gasteiger charge is -2.34. The molecule has 0 saturated heterocycles. The number of carboxylic acid groups (broad SMARTS) is 1. The van der Waals surface area contributed by atoms with Crippen molar-refractivity contribution in [1.82, 2.24) is 10.6 Å². The van der Waals surface area contributed by atoms with Crippen molar-refractivity contribution in [2.75, 3.05) is 0 Å². The molecule has 2 aromatic rings. The molecule has 166 valence electrons. The highest BCUT2D eigenvalue weighted by Gasteiger charge is 2.43. The van der Waals surface area contributed by atoms with E-state index in [2.05, 4.69) is 10.6 Å². The molecule has 1 unspecified atom stereocenters. The molecule has 2 rings (SSSR count). The molecule has 2 aromatic carbocycles. The summed E-state index contributed by atoms with van der Waals surface area (Å²) in [6, 6.07) is 16.6. The van der Waals surface area contributed by atoms with E-state index < -0.39 is 35.3 Å². The molecule has 0 aromatic heterocycles. The molecule has 0 aliphatic rings. The van der Waals surface area contributed by atoms with Gasteiger partial charge in [0, 0.05) is 0 Å². The zero-order valence-electron chi connectivity index (χ0n) is 18.3. The van der Waals surface area contributed by atoms with Crippen LogP contribution >= 0.6 is 0 Å². The van der Waals surface area contributed by atoms with Gasteiger partial charge in [0.2, 0.25) is 5.91 Å². The zero-order valence-corrected chi connectivity index (χ0v) is 18.3. The minimum Gasteiger partial charge on any atom is -0.480 e. The molecule has 0 radical (unpaired) electrons. The van der Waals surface area contributed by atoms with Crippen LogP contribution in [0.4, 0.5) is 4.79 Å². The van der Waals surface area contributed by atoms with Crippen molar-refractivity contribution in [1.29, 1.82) is 0 Å². The Balaban J connectivity index is 2.13. The molecular formula is C24H30N2O5. The van der Waals surface area contributed by atoms with E-state index in [1.165, 1.54) is 0 Å². The fourth-order valence-electron chi connectivity index (χ4n) is 3.35. The molecule has 0 heterocycles. The van der Waals surface area contributed by atoms with Gasteiger partial charge in [-0.3, -0.25) is 4.79 Å². The molecule has 7 nitrogen and oxygen atoms in total. The van der Waals surface area contributed by atoms with Crippen LogP contribution < -0.4 is 10.6 Å². The number of hydrogen-bond donors (Lipinski definition) is 3. The van der Waals surface area contributed by atoms with Crippen LogP contribution in [0.5, 0.6) is 0 Å². The number of carbonyl (C=O) groups excluding carboxylic acids is 2. The molecule has 3 atom stereocenters. The van der Waals surface area contributed by atoms with Crippen LogP contribution in [0.2, 0.25) is 0 Å². The molecule has 0 fully saturated rings. The smallest absolute Gasteiger partial charge is 0.408 e. The van der Waals surface area contributed by atoms with Crippen molar-refractivity contribution in [3.63, 3.8) is 0 Å². The van der Waals surface area contributed by atoms with E-state index in [0.717, 1.165) is 11.1 Å². The van der Waals surface area contributed by atoms with Crippen LogP contribution in [-0.4, -0.2) is 29.1 Å². The number of ether oxygens (including phenoxy) is 1. The molecular weight excluding hydrogens is 396 g/mol. The second kappa shape index (κ2) is 10.6. The summed E-state index contributed by atoms with van der Waals surface area (Å²) in [4.78, 5) is 37.4. The topological polar surface area (TPSA) is 105 Å². The van der Waals surface area contributed by atoms with E-state index in [1.54, 1.807) is 32.9 Å². The van der Waals surface area contributed by atoms with E-state index in [-0.39, 0.29) is 12.6 Å². The average Bonchev–Trinajstić information content (AvgIpc) is 2.72. The Hall–Kier alpha value is -3.35. The molecule has 0 spiro atoms. The van der Waals surface area contributed by atoms with Crippen LogP contribution in [0, 0.1) is 11.3 Å². The molecule has 0 aliphatic heterocycles. The Morgan fingerprint density at radius 3 is 2.00 bits per heavy atom. The van der Waals surface area contributed by atoms with Gasteiger partial charge in [-0.2, -0.15) is 0 Å². The summed E-state index contributed by atoms with van der Waals surface area (Å²) >= 11 is 0. The molecule has 31 heavy (non-hydrogen) atoms. The fraction of sp³-hybridized carbons (Fsp3) is 0.375. The number of carboxylic acids is 1. The first kappa shape index (κ1) is 23.9. The first-order chi connectivity index (χ1) is 14.6. The number of benzene rings is 2. The maximum atomic E-state index is 13.1. The Bertz CT molecular complexity index is 878. The summed E-state index contributed by atoms with van der Waals surface area (Å²) in [6.07, 6.45) is -0.894. The van der Waals surface area contributed by atoms with Gasteiger partial charge in [-0.1, -0.05) is 81.4 Å². The number of hydrogen-bond acceptors (Lipinski definition) is 4. The molecule has 0 saturated carbocycles. The number of alkyl carbamates (subject to hydrolysis) is 1. The van der Waals surface area contributed by atoms with E-state index in [0.29, 0.717) is 0 Å². The fourth-order valence-corrected chi connectivity index (χ4v) is 3.35. The summed E-state index contributed by atoms with van der Waals surface area (Å²) in [5, 5.41) is 15.0. The molecule has 2 amide bonds. The Morgan fingerprint density at radius 2 is 1.48 bits per heavy atom. The van der Waals surface area contributed by atoms with Gasteiger partial charge in [-0.15, -0.1) is 0 Å². The van der Waals surface area contributed by atoms with Crippen molar-refractivity contribution >= 4 is 18.0 Å². The first-order valence-electron chi connectivity index (χ1n) is 10.1. The number of aliphatic carboxylic acids is 1. The van der Waals surface area contributed by atoms with E-state index >= 15 is 0 Å². The second-order valence-electron chi connectivity index (χ2n) is 8.51. The van der Waals surface area contributed by atoms with Crippen molar-refractivity contribution in [2.45, 2.75) is 46.4 Å². The summed E-state index contributed by atoms with van der Waals surface area (Å²) < 4.78 is 5.16. The van der Waals surface area contributed by atoms with Gasteiger partial charge in [0.1, 0.15) is 12.6 Å². The predicted molar refractivity (Wildman–Crippen MR) is 117 cm³/mol. The van der Waals surface area contributed by atoms with Gasteiger partial charge in [0.15, 0.2) is 0 Å². The average molecular weight is 427 g/mol. The highest BCUT2D eigenvalue weighted by atomic mass is 16.5. The van der Waals surface area contributed by atoms with Gasteiger partial charge >= 0.3 is 12.1 Å². The number of rotatable bonds is 8. The van der Waals surface area contributed by atoms with Gasteiger partial charge in [-0.05, 0) is 23.5 Å². The van der Waals surface area contributed by atoms with Crippen LogP contribution in [-0.2, 0) is 20.9 Å². The molecule has 0 aliphatic carbocycles. The minimum absolute atomic E-state index is 0.00354. The van der Waals surface area contributed by atoms with Crippen molar-refractivity contribution in [2.24, 2.45) is 11.3 Å². The van der Waals surface area contributed by atoms with E-state index in [4.69, 9.17) is 4.74 Å². The normalized spacial score (nSPS) is 14.1. The Morgan fingerprint density at radius 1 is 0.935 bits per heavy atom. The minimum atomic E-state index is -1.45. The SMILES string of the molecule is C[C@H](NC(=O)C([C@@H](NC(=O)OCc1ccccc1)C(=O)O)C(C)(C)C)c1ccccc1. The summed E-state index contributed by atoms with van der Waals surface area (Å²) in [5.41, 5.74) is 0.924. The third-order valence-electron chi connectivity index (χ3n) is 4.96. The predicted octanol–water partition coefficient (Wildman–Crippen LogP) is 3.91. The van der Waals surface area contributed by atoms with Gasteiger partial charge < -0.3 is 20.5 Å². The lowest BCUT2D eigenvalue weighted by Crippen LogP contribution is -2.55. The summed E-state index contributed by atoms with van der Waals surface area (Å²) in [7, 11) is 0. The van der Waals surface area contributed by atoms with Crippen molar-refractivity contribution < 1.29 is 24.2 Å². The molecule has 7 heteroatoms. The van der Waals surface area contributed by atoms with Gasteiger partial charge in [-0.25, -0.2) is 9.59 Å². The molecule has 3 N–H and O–H groups in total. The van der Waals surface area contributed by atoms with Gasteiger partial charge in [0.05, 0.1) is 12.0 Å². The van der Waals surface area contributed by atoms with E-state index in [1.807, 2.05) is 55.5 Å². The summed E-state index contributed by atoms with van der Waals surface area (Å²) in [6.45, 7) is 7.10. The maximum Gasteiger partial charge on any atom is 0.408 e. The molecule has 0 bridgehead atoms. The quantitative estimate of drug-likeness (QED) is 0.594. The third kappa shape index (κ3) is 7.13. The van der Waals surface area contributed by atoms with Gasteiger partial charge in [0.25, 0.3) is 0 Å². The Labute approximate surface area is 182 Å². The zero-order chi connectivity index (χ0) is 23.0. The standard InChI is InChI=1S/C24H30N2O5/c1-16(18-13-9-6-10-14-18)25-21(27)19(24(2,3)4)20(22(28)29)26-23(30)31-15-17-11-7-5-8-12-17/h5-14,16,19-20H,15H2,1-4H3,(H,25,27)(H,26,30)(H,28,29)/t16-,19?,20+/m0/s1. The second-order valence-corrected chi connectivity index (χ2v) is 8.51. The van der Waals surface area contributed by atoms with Crippen LogP contribution in [0.3, 0.4) is 0 Å². The Kier molecular flexibility index (Phi) is 8.19. The number of carbonyl (C=O) groups is 3. The first-order valence-corrected chi connectivity index (χ1v) is 10.1. The van der Waals surface area contributed by atoms with Crippen LogP contribution in [0.25, 0.3) is 0 Å². The number of amides is 2. The lowest BCUT2D eigenvalue weighted by molar-refractivity contribution is -0.147. The van der Waals surface area contributed by atoms with Crippen molar-refractivity contribution in [3.8, 4) is 0 Å². The van der Waals surface area contributed by atoms with Crippen LogP contribution in [0.1, 0.15) is 44.9 Å². The van der Waals surface area contributed by atoms with Crippen molar-refractivity contribution in [3.05, 3.63) is 71.8 Å². The van der Waals surface area contributed by atoms with E-state index in [9.17, 15) is 19.5 Å². The monoisotopic (exact) mass is 426 g/mol. The maximum absolute atomic E-state index is 13.1. The summed E-state index contributed by atoms with van der Waals surface area (Å²) in [5.74, 6) is -2.79. The van der Waals surface area contributed by atoms with Crippen LogP contribution in [0.15, 0.2) is 60.7 Å². The highest BCUT2D eigenvalue weighted by molar-refractivity contribution is 5.89. The number of nitrogens with one attached hydrogen (secondary N) is 2. The largest absolute Gasteiger partial charge is 0.480 e. The third-order valence-corrected chi connectivity index (χ3v) is 4.96.